The van der Waals surface area contributed by atoms with Gasteiger partial charge >= 0.3 is 0 Å². The molecule has 0 bridgehead atoms. The third kappa shape index (κ3) is 3.53. The Morgan fingerprint density at radius 1 is 1.05 bits per heavy atom. The molecule has 0 radical (unpaired) electrons. The fraction of sp³-hybridized carbons (Fsp3) is 0.0625. The first-order chi connectivity index (χ1) is 10.7. The maximum absolute atomic E-state index is 12.9. The first-order valence-corrected chi connectivity index (χ1v) is 7.45. The zero-order valence-corrected chi connectivity index (χ0v) is 12.3. The van der Waals surface area contributed by atoms with E-state index < -0.39 is 0 Å². The van der Waals surface area contributed by atoms with Crippen LogP contribution in [0.2, 0.25) is 0 Å². The first-order valence-electron chi connectivity index (χ1n) is 6.64. The third-order valence-electron chi connectivity index (χ3n) is 2.97. The summed E-state index contributed by atoms with van der Waals surface area (Å²) in [5.74, 6) is -0.447. The van der Waals surface area contributed by atoms with Crippen LogP contribution in [0.1, 0.15) is 5.56 Å². The number of amides is 1. The van der Waals surface area contributed by atoms with Crippen LogP contribution in [-0.2, 0) is 11.2 Å². The van der Waals surface area contributed by atoms with E-state index >= 15 is 0 Å². The molecular weight excluding hydrogens is 301 g/mol. The Bertz CT molecular complexity index is 772. The van der Waals surface area contributed by atoms with Gasteiger partial charge in [-0.1, -0.05) is 41.7 Å². The van der Waals surface area contributed by atoms with Gasteiger partial charge in [0.25, 0.3) is 0 Å². The van der Waals surface area contributed by atoms with Gasteiger partial charge in [0.1, 0.15) is 10.8 Å². The van der Waals surface area contributed by atoms with Gasteiger partial charge in [0.2, 0.25) is 11.0 Å². The van der Waals surface area contributed by atoms with Gasteiger partial charge in [0.05, 0.1) is 6.42 Å². The van der Waals surface area contributed by atoms with E-state index in [0.717, 1.165) is 11.1 Å². The van der Waals surface area contributed by atoms with Crippen LogP contribution in [0, 0.1) is 5.82 Å². The van der Waals surface area contributed by atoms with Crippen LogP contribution in [0.5, 0.6) is 0 Å². The smallest absolute Gasteiger partial charge is 0.230 e. The lowest BCUT2D eigenvalue weighted by Crippen LogP contribution is -2.14. The molecule has 1 N–H and O–H groups in total. The normalized spacial score (nSPS) is 10.4. The monoisotopic (exact) mass is 313 g/mol. The Hall–Kier alpha value is -2.60. The fourth-order valence-electron chi connectivity index (χ4n) is 1.93. The molecule has 4 nitrogen and oxygen atoms in total. The SMILES string of the molecule is O=C(Cc1ccccc1)Nc1nnc(-c2ccc(F)cc2)s1. The summed E-state index contributed by atoms with van der Waals surface area (Å²) < 4.78 is 12.9. The minimum atomic E-state index is -0.301. The van der Waals surface area contributed by atoms with Crippen molar-refractivity contribution in [3.8, 4) is 10.6 Å². The van der Waals surface area contributed by atoms with Crippen LogP contribution in [0.4, 0.5) is 9.52 Å². The zero-order chi connectivity index (χ0) is 15.4. The minimum absolute atomic E-state index is 0.145. The molecule has 0 unspecified atom stereocenters. The van der Waals surface area contributed by atoms with Crippen LogP contribution >= 0.6 is 11.3 Å². The molecule has 0 aliphatic rings. The van der Waals surface area contributed by atoms with Gasteiger partial charge in [-0.25, -0.2) is 4.39 Å². The van der Waals surface area contributed by atoms with Crippen molar-refractivity contribution in [2.75, 3.05) is 5.32 Å². The predicted octanol–water partition coefficient (Wildman–Crippen LogP) is 3.53. The average molecular weight is 313 g/mol. The van der Waals surface area contributed by atoms with Crippen molar-refractivity contribution in [3.05, 3.63) is 66.0 Å². The van der Waals surface area contributed by atoms with Gasteiger partial charge < -0.3 is 5.32 Å². The highest BCUT2D eigenvalue weighted by molar-refractivity contribution is 7.18. The number of anilines is 1. The van der Waals surface area contributed by atoms with Crippen LogP contribution in [-0.4, -0.2) is 16.1 Å². The molecule has 0 saturated heterocycles. The van der Waals surface area contributed by atoms with E-state index in [1.165, 1.54) is 23.5 Å². The fourth-order valence-corrected chi connectivity index (χ4v) is 2.69. The summed E-state index contributed by atoms with van der Waals surface area (Å²) in [6, 6.07) is 15.5. The summed E-state index contributed by atoms with van der Waals surface area (Å²) in [4.78, 5) is 12.0. The highest BCUT2D eigenvalue weighted by Crippen LogP contribution is 2.26. The second-order valence-electron chi connectivity index (χ2n) is 4.63. The molecule has 1 heterocycles. The molecule has 1 amide bonds. The number of nitrogens with zero attached hydrogens (tertiary/aromatic N) is 2. The van der Waals surface area contributed by atoms with E-state index in [9.17, 15) is 9.18 Å². The summed E-state index contributed by atoms with van der Waals surface area (Å²) in [7, 11) is 0. The van der Waals surface area contributed by atoms with Gasteiger partial charge in [0.15, 0.2) is 0 Å². The topological polar surface area (TPSA) is 54.9 Å². The van der Waals surface area contributed by atoms with Crippen molar-refractivity contribution in [2.45, 2.75) is 6.42 Å². The summed E-state index contributed by atoms with van der Waals surface area (Å²) in [6.07, 6.45) is 0.284. The molecule has 3 rings (SSSR count). The zero-order valence-electron chi connectivity index (χ0n) is 11.5. The van der Waals surface area contributed by atoms with Crippen molar-refractivity contribution in [3.63, 3.8) is 0 Å². The number of aromatic nitrogens is 2. The summed E-state index contributed by atoms with van der Waals surface area (Å²) in [5.41, 5.74) is 1.70. The highest BCUT2D eigenvalue weighted by Gasteiger charge is 2.10. The summed E-state index contributed by atoms with van der Waals surface area (Å²) >= 11 is 1.25. The van der Waals surface area contributed by atoms with Crippen LogP contribution in [0.15, 0.2) is 54.6 Å². The van der Waals surface area contributed by atoms with Crippen molar-refractivity contribution in [1.29, 1.82) is 0 Å². The Labute approximate surface area is 130 Å². The van der Waals surface area contributed by atoms with Crippen LogP contribution in [0.25, 0.3) is 10.6 Å². The second-order valence-corrected chi connectivity index (χ2v) is 5.61. The number of halogens is 1. The number of benzene rings is 2. The molecule has 1 aromatic heterocycles. The maximum atomic E-state index is 12.9. The molecule has 110 valence electrons. The lowest BCUT2D eigenvalue weighted by atomic mass is 10.1. The van der Waals surface area contributed by atoms with E-state index in [0.29, 0.717) is 10.1 Å². The standard InChI is InChI=1S/C16H12FN3OS/c17-13-8-6-12(7-9-13)15-19-20-16(22-15)18-14(21)10-11-4-2-1-3-5-11/h1-9H,10H2,(H,18,20,21). The largest absolute Gasteiger partial charge is 0.300 e. The Kier molecular flexibility index (Phi) is 4.20. The molecule has 0 aliphatic heterocycles. The Morgan fingerprint density at radius 2 is 1.77 bits per heavy atom. The van der Waals surface area contributed by atoms with Gasteiger partial charge in [-0.15, -0.1) is 10.2 Å². The number of carbonyl (C=O) groups excluding carboxylic acids is 1. The maximum Gasteiger partial charge on any atom is 0.230 e. The van der Waals surface area contributed by atoms with Gasteiger partial charge in [-0.2, -0.15) is 0 Å². The van der Waals surface area contributed by atoms with Crippen molar-refractivity contribution in [1.82, 2.24) is 10.2 Å². The number of hydrogen-bond acceptors (Lipinski definition) is 4. The van der Waals surface area contributed by atoms with E-state index in [1.807, 2.05) is 30.3 Å². The molecule has 22 heavy (non-hydrogen) atoms. The number of carbonyl (C=O) groups is 1. The lowest BCUT2D eigenvalue weighted by Gasteiger charge is -2.00. The Balaban J connectivity index is 1.66. The van der Waals surface area contributed by atoms with E-state index in [1.54, 1.807) is 12.1 Å². The second kappa shape index (κ2) is 6.44. The third-order valence-corrected chi connectivity index (χ3v) is 3.86. The number of rotatable bonds is 4. The molecular formula is C16H12FN3OS. The molecule has 2 aromatic carbocycles. The Morgan fingerprint density at radius 3 is 2.50 bits per heavy atom. The average Bonchev–Trinajstić information content (AvgIpc) is 2.97. The van der Waals surface area contributed by atoms with Crippen molar-refractivity contribution in [2.24, 2.45) is 0 Å². The van der Waals surface area contributed by atoms with Crippen molar-refractivity contribution >= 4 is 22.4 Å². The van der Waals surface area contributed by atoms with Crippen LogP contribution in [0.3, 0.4) is 0 Å². The van der Waals surface area contributed by atoms with E-state index in [-0.39, 0.29) is 18.1 Å². The molecule has 0 saturated carbocycles. The quantitative estimate of drug-likeness (QED) is 0.801. The summed E-state index contributed by atoms with van der Waals surface area (Å²) in [6.45, 7) is 0. The first kappa shape index (κ1) is 14.3. The van der Waals surface area contributed by atoms with Gasteiger partial charge in [0, 0.05) is 5.56 Å². The van der Waals surface area contributed by atoms with Gasteiger partial charge in [-0.05, 0) is 29.8 Å². The predicted molar refractivity (Wildman–Crippen MR) is 84.1 cm³/mol. The van der Waals surface area contributed by atoms with E-state index in [4.69, 9.17) is 0 Å². The number of hydrogen-bond donors (Lipinski definition) is 1. The van der Waals surface area contributed by atoms with Gasteiger partial charge in [-0.3, -0.25) is 4.79 Å². The molecule has 0 aliphatic carbocycles. The lowest BCUT2D eigenvalue weighted by molar-refractivity contribution is -0.115. The summed E-state index contributed by atoms with van der Waals surface area (Å²) in [5, 5.41) is 11.7. The minimum Gasteiger partial charge on any atom is -0.300 e. The molecule has 0 fully saturated rings. The van der Waals surface area contributed by atoms with E-state index in [2.05, 4.69) is 15.5 Å². The highest BCUT2D eigenvalue weighted by atomic mass is 32.1. The number of nitrogens with one attached hydrogen (secondary N) is 1. The van der Waals surface area contributed by atoms with Crippen LogP contribution < -0.4 is 5.32 Å². The molecule has 6 heteroatoms. The molecule has 3 aromatic rings. The molecule has 0 spiro atoms. The van der Waals surface area contributed by atoms with Crippen molar-refractivity contribution < 1.29 is 9.18 Å². The molecule has 0 atom stereocenters.